The molecule has 116 valence electrons. The number of aryl methyl sites for hydroxylation is 1. The minimum absolute atomic E-state index is 0.157. The summed E-state index contributed by atoms with van der Waals surface area (Å²) in [5, 5.41) is 13.0. The molecule has 0 spiro atoms. The summed E-state index contributed by atoms with van der Waals surface area (Å²) in [6, 6.07) is 14.7. The molecular formula is C18H21NO3. The van der Waals surface area contributed by atoms with Crippen molar-refractivity contribution in [3.05, 3.63) is 65.2 Å². The van der Waals surface area contributed by atoms with Gasteiger partial charge in [-0.2, -0.15) is 0 Å². The van der Waals surface area contributed by atoms with Crippen LogP contribution < -0.4 is 10.1 Å². The molecule has 0 aromatic heterocycles. The Balaban J connectivity index is 2.03. The maximum absolute atomic E-state index is 12.3. The number of hydrogen-bond donors (Lipinski definition) is 2. The topological polar surface area (TPSA) is 58.6 Å². The molecule has 1 amide bonds. The highest BCUT2D eigenvalue weighted by Gasteiger charge is 2.15. The van der Waals surface area contributed by atoms with Crippen LogP contribution in [0.4, 0.5) is 0 Å². The fourth-order valence-corrected chi connectivity index (χ4v) is 2.29. The lowest BCUT2D eigenvalue weighted by Gasteiger charge is -2.15. The minimum atomic E-state index is -0.732. The van der Waals surface area contributed by atoms with Crippen molar-refractivity contribution in [1.29, 1.82) is 0 Å². The fraction of sp³-hybridized carbons (Fsp3) is 0.278. The van der Waals surface area contributed by atoms with Crippen LogP contribution >= 0.6 is 0 Å². The molecule has 2 rings (SSSR count). The van der Waals surface area contributed by atoms with Gasteiger partial charge in [0.25, 0.3) is 5.91 Å². The average molecular weight is 299 g/mol. The van der Waals surface area contributed by atoms with E-state index in [0.29, 0.717) is 17.9 Å². The second-order valence-corrected chi connectivity index (χ2v) is 5.01. The van der Waals surface area contributed by atoms with Crippen molar-refractivity contribution in [3.8, 4) is 5.75 Å². The molecule has 0 heterocycles. The van der Waals surface area contributed by atoms with Gasteiger partial charge in [-0.1, -0.05) is 36.4 Å². The van der Waals surface area contributed by atoms with Gasteiger partial charge in [-0.15, -0.1) is 0 Å². The van der Waals surface area contributed by atoms with Gasteiger partial charge in [0.1, 0.15) is 5.75 Å². The lowest BCUT2D eigenvalue weighted by Crippen LogP contribution is -2.29. The van der Waals surface area contributed by atoms with Crippen LogP contribution in [0.1, 0.15) is 34.5 Å². The Labute approximate surface area is 130 Å². The highest BCUT2D eigenvalue weighted by atomic mass is 16.5. The molecule has 0 fully saturated rings. The van der Waals surface area contributed by atoms with E-state index in [1.165, 1.54) is 0 Å². The number of aliphatic hydroxyl groups excluding tert-OH is 1. The smallest absolute Gasteiger partial charge is 0.255 e. The number of benzene rings is 2. The maximum atomic E-state index is 12.3. The molecule has 1 atom stereocenters. The zero-order valence-corrected chi connectivity index (χ0v) is 12.9. The van der Waals surface area contributed by atoms with Crippen molar-refractivity contribution in [2.24, 2.45) is 0 Å². The quantitative estimate of drug-likeness (QED) is 0.862. The predicted molar refractivity (Wildman–Crippen MR) is 86.1 cm³/mol. The second kappa shape index (κ2) is 7.61. The van der Waals surface area contributed by atoms with E-state index in [-0.39, 0.29) is 12.5 Å². The predicted octanol–water partition coefficient (Wildman–Crippen LogP) is 2.86. The summed E-state index contributed by atoms with van der Waals surface area (Å²) in [5.41, 5.74) is 2.29. The lowest BCUT2D eigenvalue weighted by molar-refractivity contribution is 0.0912. The summed E-state index contributed by atoms with van der Waals surface area (Å²) >= 11 is 0. The molecule has 0 saturated heterocycles. The van der Waals surface area contributed by atoms with Crippen molar-refractivity contribution < 1.29 is 14.6 Å². The normalized spacial score (nSPS) is 11.8. The number of carbonyl (C=O) groups is 1. The summed E-state index contributed by atoms with van der Waals surface area (Å²) in [5.74, 6) is 0.296. The molecule has 2 aromatic carbocycles. The maximum Gasteiger partial charge on any atom is 0.255 e. The number of carbonyl (C=O) groups excluding carboxylic acids is 1. The molecule has 0 aliphatic heterocycles. The first kappa shape index (κ1) is 16.0. The number of ether oxygens (including phenoxy) is 1. The minimum Gasteiger partial charge on any atom is -0.493 e. The van der Waals surface area contributed by atoms with Crippen LogP contribution in [-0.4, -0.2) is 24.2 Å². The lowest BCUT2D eigenvalue weighted by atomic mass is 10.0. The van der Waals surface area contributed by atoms with Crippen LogP contribution in [0.2, 0.25) is 0 Å². The van der Waals surface area contributed by atoms with Crippen LogP contribution in [0.3, 0.4) is 0 Å². The Kier molecular flexibility index (Phi) is 5.55. The van der Waals surface area contributed by atoms with Gasteiger partial charge in [0.15, 0.2) is 0 Å². The Bertz CT molecular complexity index is 640. The molecule has 2 N–H and O–H groups in total. The van der Waals surface area contributed by atoms with E-state index in [0.717, 1.165) is 11.1 Å². The number of aliphatic hydroxyl groups is 1. The van der Waals surface area contributed by atoms with Gasteiger partial charge < -0.3 is 15.2 Å². The molecule has 2 aromatic rings. The van der Waals surface area contributed by atoms with Crippen molar-refractivity contribution in [1.82, 2.24) is 5.32 Å². The van der Waals surface area contributed by atoms with E-state index >= 15 is 0 Å². The van der Waals surface area contributed by atoms with E-state index in [4.69, 9.17) is 4.74 Å². The number of nitrogens with one attached hydrogen (secondary N) is 1. The zero-order chi connectivity index (χ0) is 15.9. The van der Waals surface area contributed by atoms with Crippen molar-refractivity contribution in [2.75, 3.05) is 13.2 Å². The second-order valence-electron chi connectivity index (χ2n) is 5.01. The van der Waals surface area contributed by atoms with E-state index in [2.05, 4.69) is 5.32 Å². The Morgan fingerprint density at radius 2 is 1.86 bits per heavy atom. The number of rotatable bonds is 6. The van der Waals surface area contributed by atoms with Gasteiger partial charge in [0.05, 0.1) is 18.3 Å². The molecule has 0 aliphatic rings. The van der Waals surface area contributed by atoms with Crippen molar-refractivity contribution in [3.63, 3.8) is 0 Å². The van der Waals surface area contributed by atoms with Gasteiger partial charge in [0.2, 0.25) is 0 Å². The van der Waals surface area contributed by atoms with Crippen molar-refractivity contribution >= 4 is 5.91 Å². The van der Waals surface area contributed by atoms with Gasteiger partial charge in [-0.05, 0) is 37.1 Å². The van der Waals surface area contributed by atoms with Crippen LogP contribution in [0.15, 0.2) is 48.5 Å². The SMILES string of the molecule is CCOc1ccccc1C(=O)NCC(O)c1ccccc1C. The van der Waals surface area contributed by atoms with E-state index in [1.54, 1.807) is 18.2 Å². The fourth-order valence-electron chi connectivity index (χ4n) is 2.29. The highest BCUT2D eigenvalue weighted by Crippen LogP contribution is 2.19. The number of amides is 1. The van der Waals surface area contributed by atoms with Crippen LogP contribution in [0.5, 0.6) is 5.75 Å². The molecule has 4 nitrogen and oxygen atoms in total. The molecular weight excluding hydrogens is 278 g/mol. The first-order chi connectivity index (χ1) is 10.6. The third-order valence-corrected chi connectivity index (χ3v) is 3.43. The molecule has 0 aliphatic carbocycles. The first-order valence-electron chi connectivity index (χ1n) is 7.37. The van der Waals surface area contributed by atoms with Crippen LogP contribution in [0.25, 0.3) is 0 Å². The van der Waals surface area contributed by atoms with E-state index < -0.39 is 6.10 Å². The third kappa shape index (κ3) is 3.86. The first-order valence-corrected chi connectivity index (χ1v) is 7.37. The summed E-state index contributed by atoms with van der Waals surface area (Å²) in [7, 11) is 0. The molecule has 4 heteroatoms. The molecule has 0 radical (unpaired) electrons. The zero-order valence-electron chi connectivity index (χ0n) is 12.9. The summed E-state index contributed by atoms with van der Waals surface area (Å²) in [6.45, 7) is 4.46. The Morgan fingerprint density at radius 3 is 2.59 bits per heavy atom. The van der Waals surface area contributed by atoms with Crippen LogP contribution in [0, 0.1) is 6.92 Å². The summed E-state index contributed by atoms with van der Waals surface area (Å²) in [6.07, 6.45) is -0.732. The number of hydrogen-bond acceptors (Lipinski definition) is 3. The van der Waals surface area contributed by atoms with Gasteiger partial charge >= 0.3 is 0 Å². The summed E-state index contributed by atoms with van der Waals surface area (Å²) in [4.78, 5) is 12.3. The molecule has 0 bridgehead atoms. The van der Waals surface area contributed by atoms with Gasteiger partial charge in [-0.25, -0.2) is 0 Å². The van der Waals surface area contributed by atoms with Crippen molar-refractivity contribution in [2.45, 2.75) is 20.0 Å². The van der Waals surface area contributed by atoms with Crippen LogP contribution in [-0.2, 0) is 0 Å². The highest BCUT2D eigenvalue weighted by molar-refractivity contribution is 5.96. The average Bonchev–Trinajstić information content (AvgIpc) is 2.53. The van der Waals surface area contributed by atoms with Gasteiger partial charge in [0, 0.05) is 6.54 Å². The molecule has 1 unspecified atom stereocenters. The van der Waals surface area contributed by atoms with E-state index in [1.807, 2.05) is 44.2 Å². The third-order valence-electron chi connectivity index (χ3n) is 3.43. The van der Waals surface area contributed by atoms with E-state index in [9.17, 15) is 9.90 Å². The summed E-state index contributed by atoms with van der Waals surface area (Å²) < 4.78 is 5.45. The Hall–Kier alpha value is -2.33. The monoisotopic (exact) mass is 299 g/mol. The Morgan fingerprint density at radius 1 is 1.18 bits per heavy atom. The molecule has 0 saturated carbocycles. The standard InChI is InChI=1S/C18H21NO3/c1-3-22-17-11-7-6-10-15(17)18(21)19-12-16(20)14-9-5-4-8-13(14)2/h4-11,16,20H,3,12H2,1-2H3,(H,19,21). The molecule has 22 heavy (non-hydrogen) atoms. The van der Waals surface area contributed by atoms with Gasteiger partial charge in [-0.3, -0.25) is 4.79 Å². The largest absolute Gasteiger partial charge is 0.493 e. The number of para-hydroxylation sites is 1.